The molecule has 0 radical (unpaired) electrons. The first-order valence-electron chi connectivity index (χ1n) is 2.16. The summed E-state index contributed by atoms with van der Waals surface area (Å²) >= 11 is 0. The molecule has 0 atom stereocenters. The first kappa shape index (κ1) is 8.20. The molecule has 0 N–H and O–H groups in total. The summed E-state index contributed by atoms with van der Waals surface area (Å²) in [7, 11) is 1.26. The summed E-state index contributed by atoms with van der Waals surface area (Å²) in [5.74, 6) is 0. The number of alkyl halides is 3. The Labute approximate surface area is 50.9 Å². The minimum atomic E-state index is -4.33. The summed E-state index contributed by atoms with van der Waals surface area (Å²) in [4.78, 5) is 3.16. The smallest absolute Gasteiger partial charge is 0.296 e. The lowest BCUT2D eigenvalue weighted by molar-refractivity contribution is -0.0852. The van der Waals surface area contributed by atoms with Gasteiger partial charge in [-0.15, -0.1) is 0 Å². The molecule has 0 aromatic carbocycles. The number of halogens is 3. The van der Waals surface area contributed by atoms with E-state index in [0.717, 1.165) is 0 Å². The number of nitrogens with zero attached hydrogens (tertiary/aromatic N) is 1. The van der Waals surface area contributed by atoms with Crippen molar-refractivity contribution >= 4 is 6.21 Å². The van der Waals surface area contributed by atoms with Crippen molar-refractivity contribution < 1.29 is 13.2 Å². The molecule has 0 rings (SSSR count). The zero-order valence-corrected chi connectivity index (χ0v) is 4.87. The van der Waals surface area contributed by atoms with E-state index in [2.05, 4.69) is 11.6 Å². The van der Waals surface area contributed by atoms with Crippen LogP contribution in [0.3, 0.4) is 0 Å². The molecule has 0 saturated heterocycles. The van der Waals surface area contributed by atoms with Crippen LogP contribution in [-0.4, -0.2) is 19.4 Å². The Morgan fingerprint density at radius 2 is 2.00 bits per heavy atom. The molecule has 52 valence electrons. The van der Waals surface area contributed by atoms with Gasteiger partial charge >= 0.3 is 6.18 Å². The van der Waals surface area contributed by atoms with Crippen molar-refractivity contribution in [3.05, 3.63) is 12.2 Å². The fraction of sp³-hybridized carbons (Fsp3) is 0.400. The summed E-state index contributed by atoms with van der Waals surface area (Å²) in [5, 5.41) is 0. The van der Waals surface area contributed by atoms with E-state index < -0.39 is 11.7 Å². The molecule has 0 aromatic rings. The van der Waals surface area contributed by atoms with Gasteiger partial charge in [0.2, 0.25) is 0 Å². The topological polar surface area (TPSA) is 12.4 Å². The Hall–Kier alpha value is -0.800. The fourth-order valence-electron chi connectivity index (χ4n) is 0.229. The molecule has 0 aliphatic heterocycles. The summed E-state index contributed by atoms with van der Waals surface area (Å²) in [6.07, 6.45) is -3.65. The molecule has 0 amide bonds. The van der Waals surface area contributed by atoms with Crippen LogP contribution in [-0.2, 0) is 0 Å². The van der Waals surface area contributed by atoms with Crippen LogP contribution in [0.5, 0.6) is 0 Å². The van der Waals surface area contributed by atoms with Crippen LogP contribution < -0.4 is 0 Å². The van der Waals surface area contributed by atoms with E-state index in [1.165, 1.54) is 7.05 Å². The largest absolute Gasteiger partial charge is 0.417 e. The van der Waals surface area contributed by atoms with Crippen molar-refractivity contribution in [3.63, 3.8) is 0 Å². The first-order valence-corrected chi connectivity index (χ1v) is 2.16. The van der Waals surface area contributed by atoms with Gasteiger partial charge in [-0.3, -0.25) is 4.99 Å². The van der Waals surface area contributed by atoms with E-state index in [1.807, 2.05) is 0 Å². The van der Waals surface area contributed by atoms with E-state index in [0.29, 0.717) is 6.21 Å². The quantitative estimate of drug-likeness (QED) is 0.488. The van der Waals surface area contributed by atoms with Gasteiger partial charge in [0.25, 0.3) is 0 Å². The van der Waals surface area contributed by atoms with Crippen LogP contribution in [0.15, 0.2) is 17.1 Å². The lowest BCUT2D eigenvalue weighted by Gasteiger charge is -2.02. The summed E-state index contributed by atoms with van der Waals surface area (Å²) in [5.41, 5.74) is -0.926. The number of aliphatic imine (C=N–C) groups is 1. The Bertz CT molecular complexity index is 134. The number of hydrogen-bond acceptors (Lipinski definition) is 1. The van der Waals surface area contributed by atoms with Crippen LogP contribution in [0.2, 0.25) is 0 Å². The van der Waals surface area contributed by atoms with Crippen molar-refractivity contribution in [2.24, 2.45) is 4.99 Å². The fourth-order valence-corrected chi connectivity index (χ4v) is 0.229. The highest BCUT2D eigenvalue weighted by molar-refractivity contribution is 5.79. The number of hydrogen-bond donors (Lipinski definition) is 0. The molecule has 0 aromatic heterocycles. The van der Waals surface area contributed by atoms with Gasteiger partial charge in [0.05, 0.1) is 5.57 Å². The van der Waals surface area contributed by atoms with E-state index in [9.17, 15) is 13.2 Å². The highest BCUT2D eigenvalue weighted by Crippen LogP contribution is 2.21. The molecule has 0 bridgehead atoms. The second kappa shape index (κ2) is 2.66. The third-order valence-corrected chi connectivity index (χ3v) is 0.649. The zero-order chi connectivity index (χ0) is 7.49. The Morgan fingerprint density at radius 1 is 1.56 bits per heavy atom. The molecule has 0 unspecified atom stereocenters. The van der Waals surface area contributed by atoms with Gasteiger partial charge in [-0.25, -0.2) is 0 Å². The predicted molar refractivity (Wildman–Crippen MR) is 29.6 cm³/mol. The predicted octanol–water partition coefficient (Wildman–Crippen LogP) is 1.81. The second-order valence-electron chi connectivity index (χ2n) is 1.41. The Balaban J connectivity index is 4.06. The Morgan fingerprint density at radius 3 is 2.11 bits per heavy atom. The van der Waals surface area contributed by atoms with Crippen LogP contribution in [0, 0.1) is 0 Å². The van der Waals surface area contributed by atoms with E-state index >= 15 is 0 Å². The molecule has 0 saturated carbocycles. The molecular weight excluding hydrogens is 131 g/mol. The van der Waals surface area contributed by atoms with Crippen molar-refractivity contribution in [2.45, 2.75) is 6.18 Å². The van der Waals surface area contributed by atoms with Gasteiger partial charge in [-0.05, 0) is 0 Å². The molecule has 1 nitrogen and oxygen atoms in total. The maximum atomic E-state index is 11.4. The lowest BCUT2D eigenvalue weighted by Crippen LogP contribution is -2.11. The molecule has 0 spiro atoms. The highest BCUT2D eigenvalue weighted by atomic mass is 19.4. The van der Waals surface area contributed by atoms with E-state index in [1.54, 1.807) is 0 Å². The summed E-state index contributed by atoms with van der Waals surface area (Å²) in [6, 6.07) is 0. The molecule has 4 heteroatoms. The van der Waals surface area contributed by atoms with E-state index in [-0.39, 0.29) is 0 Å². The molecule has 0 heterocycles. The second-order valence-corrected chi connectivity index (χ2v) is 1.41. The van der Waals surface area contributed by atoms with Gasteiger partial charge < -0.3 is 0 Å². The first-order chi connectivity index (χ1) is 3.98. The SMILES string of the molecule is C=C(/C=N\C)C(F)(F)F. The summed E-state index contributed by atoms with van der Waals surface area (Å²) < 4.78 is 34.3. The molecule has 0 aliphatic carbocycles. The van der Waals surface area contributed by atoms with Crippen molar-refractivity contribution in [1.29, 1.82) is 0 Å². The monoisotopic (exact) mass is 137 g/mol. The molecule has 0 fully saturated rings. The average molecular weight is 137 g/mol. The van der Waals surface area contributed by atoms with Gasteiger partial charge in [0.1, 0.15) is 0 Å². The molecular formula is C5H6F3N. The summed E-state index contributed by atoms with van der Waals surface area (Å²) in [6.45, 7) is 2.74. The van der Waals surface area contributed by atoms with Gasteiger partial charge in [-0.1, -0.05) is 6.58 Å². The van der Waals surface area contributed by atoms with E-state index in [4.69, 9.17) is 0 Å². The van der Waals surface area contributed by atoms with Gasteiger partial charge in [-0.2, -0.15) is 13.2 Å². The third-order valence-electron chi connectivity index (χ3n) is 0.649. The third kappa shape index (κ3) is 2.90. The maximum absolute atomic E-state index is 11.4. The maximum Gasteiger partial charge on any atom is 0.417 e. The minimum absolute atomic E-state index is 0.681. The average Bonchev–Trinajstić information content (AvgIpc) is 1.64. The van der Waals surface area contributed by atoms with Crippen molar-refractivity contribution in [2.75, 3.05) is 7.05 Å². The Kier molecular flexibility index (Phi) is 2.42. The standard InChI is InChI=1S/C5H6F3N/c1-4(3-9-2)5(6,7)8/h3H,1H2,2H3/b9-3-. The van der Waals surface area contributed by atoms with Crippen molar-refractivity contribution in [1.82, 2.24) is 0 Å². The van der Waals surface area contributed by atoms with Crippen LogP contribution in [0.25, 0.3) is 0 Å². The lowest BCUT2D eigenvalue weighted by atomic mass is 10.3. The number of allylic oxidation sites excluding steroid dienone is 1. The van der Waals surface area contributed by atoms with Gasteiger partial charge in [0, 0.05) is 13.3 Å². The number of rotatable bonds is 1. The van der Waals surface area contributed by atoms with Crippen molar-refractivity contribution in [3.8, 4) is 0 Å². The highest BCUT2D eigenvalue weighted by Gasteiger charge is 2.30. The normalized spacial score (nSPS) is 12.4. The van der Waals surface area contributed by atoms with Crippen LogP contribution in [0.4, 0.5) is 13.2 Å². The molecule has 0 aliphatic rings. The van der Waals surface area contributed by atoms with Crippen LogP contribution >= 0.6 is 0 Å². The minimum Gasteiger partial charge on any atom is -0.296 e. The zero-order valence-electron chi connectivity index (χ0n) is 4.87. The molecule has 9 heavy (non-hydrogen) atoms. The van der Waals surface area contributed by atoms with Gasteiger partial charge in [0.15, 0.2) is 0 Å². The van der Waals surface area contributed by atoms with Crippen LogP contribution in [0.1, 0.15) is 0 Å².